The Kier molecular flexibility index (Phi) is 7.49. The molecule has 0 bridgehead atoms. The number of carbonyl (C=O) groups excluding carboxylic acids is 1. The van der Waals surface area contributed by atoms with Gasteiger partial charge in [0.15, 0.2) is 6.10 Å². The number of fused-ring (bicyclic) bond motifs is 1. The number of aliphatic carboxylic acids is 1. The number of amides is 1. The van der Waals surface area contributed by atoms with Gasteiger partial charge in [0.25, 0.3) is 5.91 Å². The summed E-state index contributed by atoms with van der Waals surface area (Å²) in [5.41, 5.74) is 2.87. The van der Waals surface area contributed by atoms with Crippen molar-refractivity contribution in [2.45, 2.75) is 45.8 Å². The molecule has 2 N–H and O–H groups in total. The van der Waals surface area contributed by atoms with Gasteiger partial charge < -0.3 is 19.6 Å². The normalized spacial score (nSPS) is 12.8. The Hall–Kier alpha value is -3.98. The van der Waals surface area contributed by atoms with E-state index in [1.807, 2.05) is 37.4 Å². The van der Waals surface area contributed by atoms with Crippen LogP contribution in [0.1, 0.15) is 30.7 Å². The third-order valence-electron chi connectivity index (χ3n) is 5.76. The van der Waals surface area contributed by atoms with Crippen LogP contribution in [0, 0.1) is 6.92 Å². The molecule has 0 aliphatic heterocycles. The largest absolute Gasteiger partial charge is 0.480 e. The van der Waals surface area contributed by atoms with Gasteiger partial charge in [-0.1, -0.05) is 37.3 Å². The van der Waals surface area contributed by atoms with Crippen molar-refractivity contribution in [3.63, 3.8) is 0 Å². The van der Waals surface area contributed by atoms with E-state index in [9.17, 15) is 19.5 Å². The maximum Gasteiger partial charge on any atom is 0.326 e. The molecule has 1 amide bonds. The van der Waals surface area contributed by atoms with Crippen LogP contribution in [0.4, 0.5) is 0 Å². The predicted octanol–water partition coefficient (Wildman–Crippen LogP) is 4.37. The van der Waals surface area contributed by atoms with Crippen molar-refractivity contribution in [2.24, 2.45) is 0 Å². The standard InChI is InChI=1S/C27H26N2O6S/c1-4-18-11-19-23(34-13-20(24(19)30)26-28-15(2)14-36-26)12-22(18)35-16(3)25(31)29-21(27(32)33)10-17-8-6-5-7-9-17/h5-9,11-14,16,21H,4,10H2,1-3H3,(H,29,31)(H,32,33)/t16-,21+/m0/s1. The highest BCUT2D eigenvalue weighted by molar-refractivity contribution is 7.13. The van der Waals surface area contributed by atoms with Crippen molar-refractivity contribution in [2.75, 3.05) is 0 Å². The zero-order chi connectivity index (χ0) is 25.8. The summed E-state index contributed by atoms with van der Waals surface area (Å²) in [5, 5.41) is 15.0. The molecule has 8 nitrogen and oxygen atoms in total. The third-order valence-corrected chi connectivity index (χ3v) is 6.75. The molecule has 9 heteroatoms. The zero-order valence-corrected chi connectivity index (χ0v) is 20.9. The van der Waals surface area contributed by atoms with Crippen LogP contribution >= 0.6 is 11.3 Å². The number of rotatable bonds is 9. The Labute approximate surface area is 211 Å². The lowest BCUT2D eigenvalue weighted by Crippen LogP contribution is -2.47. The number of hydrogen-bond donors (Lipinski definition) is 2. The van der Waals surface area contributed by atoms with Gasteiger partial charge in [-0.05, 0) is 37.5 Å². The Morgan fingerprint density at radius 3 is 2.61 bits per heavy atom. The third kappa shape index (κ3) is 5.46. The van der Waals surface area contributed by atoms with Gasteiger partial charge in [-0.2, -0.15) is 0 Å². The van der Waals surface area contributed by atoms with Crippen LogP contribution in [0.15, 0.2) is 63.3 Å². The monoisotopic (exact) mass is 506 g/mol. The molecule has 2 aromatic heterocycles. The van der Waals surface area contributed by atoms with E-state index < -0.39 is 24.0 Å². The first kappa shape index (κ1) is 25.1. The fourth-order valence-electron chi connectivity index (χ4n) is 3.80. The fraction of sp³-hybridized carbons (Fsp3) is 0.259. The van der Waals surface area contributed by atoms with Crippen LogP contribution in [0.25, 0.3) is 21.5 Å². The van der Waals surface area contributed by atoms with Gasteiger partial charge in [-0.25, -0.2) is 9.78 Å². The van der Waals surface area contributed by atoms with Crippen molar-refractivity contribution >= 4 is 34.2 Å². The predicted molar refractivity (Wildman–Crippen MR) is 138 cm³/mol. The summed E-state index contributed by atoms with van der Waals surface area (Å²) in [6.07, 6.45) is 1.10. The van der Waals surface area contributed by atoms with E-state index >= 15 is 0 Å². The number of thiazole rings is 1. The van der Waals surface area contributed by atoms with E-state index in [4.69, 9.17) is 9.15 Å². The molecule has 0 unspecified atom stereocenters. The van der Waals surface area contributed by atoms with Crippen LogP contribution < -0.4 is 15.5 Å². The summed E-state index contributed by atoms with van der Waals surface area (Å²) < 4.78 is 11.7. The van der Waals surface area contributed by atoms with Crippen molar-refractivity contribution in [1.82, 2.24) is 10.3 Å². The number of carboxylic acids is 1. The molecule has 0 saturated carbocycles. The molecule has 36 heavy (non-hydrogen) atoms. The second kappa shape index (κ2) is 10.7. The number of carbonyl (C=O) groups is 2. The molecule has 4 aromatic rings. The first-order valence-electron chi connectivity index (χ1n) is 11.5. The molecular weight excluding hydrogens is 480 g/mol. The molecular formula is C27H26N2O6S. The first-order chi connectivity index (χ1) is 17.3. The lowest BCUT2D eigenvalue weighted by Gasteiger charge is -2.20. The minimum atomic E-state index is -1.13. The van der Waals surface area contributed by atoms with E-state index in [1.165, 1.54) is 17.6 Å². The van der Waals surface area contributed by atoms with Gasteiger partial charge in [-0.15, -0.1) is 11.3 Å². The fourth-order valence-corrected chi connectivity index (χ4v) is 4.60. The number of nitrogens with one attached hydrogen (secondary N) is 1. The smallest absolute Gasteiger partial charge is 0.326 e. The second-order valence-electron chi connectivity index (χ2n) is 8.43. The average molecular weight is 507 g/mol. The van der Waals surface area contributed by atoms with Crippen molar-refractivity contribution in [1.29, 1.82) is 0 Å². The Balaban J connectivity index is 1.55. The van der Waals surface area contributed by atoms with E-state index in [-0.39, 0.29) is 11.8 Å². The van der Waals surface area contributed by atoms with Crippen molar-refractivity contribution < 1.29 is 23.8 Å². The Bertz CT molecular complexity index is 1460. The Morgan fingerprint density at radius 1 is 1.22 bits per heavy atom. The molecule has 0 radical (unpaired) electrons. The maximum atomic E-state index is 13.1. The van der Waals surface area contributed by atoms with E-state index in [0.717, 1.165) is 16.8 Å². The lowest BCUT2D eigenvalue weighted by atomic mass is 10.1. The average Bonchev–Trinajstić information content (AvgIpc) is 3.29. The molecule has 0 fully saturated rings. The molecule has 0 aliphatic rings. The quantitative estimate of drug-likeness (QED) is 0.346. The molecule has 0 saturated heterocycles. The molecule has 2 atom stereocenters. The lowest BCUT2D eigenvalue weighted by molar-refractivity contribution is -0.142. The number of ether oxygens (including phenoxy) is 1. The molecule has 0 aliphatic carbocycles. The van der Waals surface area contributed by atoms with Gasteiger partial charge in [0, 0.05) is 23.6 Å². The number of carboxylic acid groups (broad SMARTS) is 1. The van der Waals surface area contributed by atoms with E-state index in [2.05, 4.69) is 10.3 Å². The van der Waals surface area contributed by atoms with E-state index in [1.54, 1.807) is 31.2 Å². The number of benzene rings is 2. The number of aromatic nitrogens is 1. The minimum absolute atomic E-state index is 0.150. The zero-order valence-electron chi connectivity index (χ0n) is 20.1. The topological polar surface area (TPSA) is 119 Å². The molecule has 186 valence electrons. The summed E-state index contributed by atoms with van der Waals surface area (Å²) >= 11 is 1.38. The highest BCUT2D eigenvalue weighted by Gasteiger charge is 2.25. The summed E-state index contributed by atoms with van der Waals surface area (Å²) in [4.78, 5) is 42.0. The number of aryl methyl sites for hydroxylation is 2. The number of hydrogen-bond acceptors (Lipinski definition) is 7. The van der Waals surface area contributed by atoms with Crippen molar-refractivity contribution in [3.05, 3.63) is 81.2 Å². The van der Waals surface area contributed by atoms with Gasteiger partial charge in [0.05, 0.1) is 10.9 Å². The summed E-state index contributed by atoms with van der Waals surface area (Å²) in [6.45, 7) is 5.32. The van der Waals surface area contributed by atoms with Crippen LogP contribution in [0.5, 0.6) is 5.75 Å². The number of nitrogens with zero attached hydrogens (tertiary/aromatic N) is 1. The van der Waals surface area contributed by atoms with Gasteiger partial charge in [0.2, 0.25) is 5.43 Å². The maximum absolute atomic E-state index is 13.1. The molecule has 0 spiro atoms. The van der Waals surface area contributed by atoms with Gasteiger partial charge in [-0.3, -0.25) is 9.59 Å². The van der Waals surface area contributed by atoms with Gasteiger partial charge >= 0.3 is 5.97 Å². The first-order valence-corrected chi connectivity index (χ1v) is 12.4. The highest BCUT2D eigenvalue weighted by Crippen LogP contribution is 2.29. The molecule has 4 rings (SSSR count). The molecule has 2 heterocycles. The van der Waals surface area contributed by atoms with Crippen LogP contribution in [-0.2, 0) is 22.4 Å². The summed E-state index contributed by atoms with van der Waals surface area (Å²) in [6, 6.07) is 11.3. The van der Waals surface area contributed by atoms with Crippen LogP contribution in [0.3, 0.4) is 0 Å². The summed E-state index contributed by atoms with van der Waals surface area (Å²) in [7, 11) is 0. The summed E-state index contributed by atoms with van der Waals surface area (Å²) in [5.74, 6) is -1.30. The molecule has 2 aromatic carbocycles. The van der Waals surface area contributed by atoms with Crippen LogP contribution in [0.2, 0.25) is 0 Å². The van der Waals surface area contributed by atoms with Crippen molar-refractivity contribution in [3.8, 4) is 16.3 Å². The van der Waals surface area contributed by atoms with Gasteiger partial charge in [0.1, 0.15) is 28.6 Å². The minimum Gasteiger partial charge on any atom is -0.480 e. The second-order valence-corrected chi connectivity index (χ2v) is 9.29. The SMILES string of the molecule is CCc1cc2c(=O)c(-c3nc(C)cs3)coc2cc1O[C@@H](C)C(=O)N[C@H](Cc1ccccc1)C(=O)O. The van der Waals surface area contributed by atoms with E-state index in [0.29, 0.717) is 33.7 Å². The Morgan fingerprint density at radius 2 is 1.97 bits per heavy atom. The highest BCUT2D eigenvalue weighted by atomic mass is 32.1. The van der Waals surface area contributed by atoms with Crippen LogP contribution in [-0.4, -0.2) is 34.1 Å².